The quantitative estimate of drug-likeness (QED) is 0.264. The first-order valence-electron chi connectivity index (χ1n) is 11.8. The Bertz CT molecular complexity index is 1030. The second kappa shape index (κ2) is 10.3. The van der Waals surface area contributed by atoms with E-state index in [1.54, 1.807) is 0 Å². The Morgan fingerprint density at radius 2 is 1.73 bits per heavy atom. The van der Waals surface area contributed by atoms with E-state index in [2.05, 4.69) is 6.58 Å². The van der Waals surface area contributed by atoms with E-state index in [1.165, 1.54) is 43.5 Å². The summed E-state index contributed by atoms with van der Waals surface area (Å²) in [7, 11) is 0. The molecule has 4 unspecified atom stereocenters. The molecule has 2 aromatic carbocycles. The molecule has 0 radical (unpaired) electrons. The topological polar surface area (TPSA) is 50.1 Å². The number of hydrogen-bond acceptors (Lipinski definition) is 3. The number of halogens is 2. The number of esters is 1. The van der Waals surface area contributed by atoms with Crippen LogP contribution < -0.4 is 4.74 Å². The van der Waals surface area contributed by atoms with Crippen LogP contribution >= 0.6 is 0 Å². The Kier molecular flexibility index (Phi) is 7.23. The summed E-state index contributed by atoms with van der Waals surface area (Å²) in [6.07, 6.45) is 10.4. The number of benzene rings is 2. The zero-order valence-electron chi connectivity index (χ0n) is 18.7. The van der Waals surface area contributed by atoms with Crippen molar-refractivity contribution in [2.75, 3.05) is 0 Å². The lowest BCUT2D eigenvalue weighted by molar-refractivity contribution is 0.0733. The van der Waals surface area contributed by atoms with Crippen molar-refractivity contribution >= 4 is 5.97 Å². The maximum atomic E-state index is 15.0. The minimum Gasteiger partial charge on any atom is -0.423 e. The van der Waals surface area contributed by atoms with E-state index in [1.807, 2.05) is 12.1 Å². The molecule has 0 saturated heterocycles. The molecule has 0 amide bonds. The molecular weight excluding hydrogens is 420 g/mol. The number of carbonyl (C=O) groups is 1. The van der Waals surface area contributed by atoms with Gasteiger partial charge in [-0.2, -0.15) is 5.26 Å². The zero-order chi connectivity index (χ0) is 23.4. The highest BCUT2D eigenvalue weighted by atomic mass is 19.1. The SMILES string of the molecule is C=CCCC1CCC2CC(c3c(F)cc(C(=O)Oc4ccc(C#N)cc4)cc3F)CCC2C1. The molecule has 0 aromatic heterocycles. The van der Waals surface area contributed by atoms with Crippen molar-refractivity contribution in [1.82, 2.24) is 0 Å². The fourth-order valence-electron chi connectivity index (χ4n) is 5.72. The number of fused-ring (bicyclic) bond motifs is 1. The second-order valence-corrected chi connectivity index (χ2v) is 9.45. The molecule has 5 heteroatoms. The number of ether oxygens (including phenoxy) is 1. The van der Waals surface area contributed by atoms with Crippen molar-refractivity contribution in [3.63, 3.8) is 0 Å². The van der Waals surface area contributed by atoms with E-state index >= 15 is 8.78 Å². The van der Waals surface area contributed by atoms with E-state index in [0.717, 1.165) is 50.2 Å². The Hall–Kier alpha value is -3.00. The Morgan fingerprint density at radius 3 is 2.39 bits per heavy atom. The lowest BCUT2D eigenvalue weighted by atomic mass is 9.63. The molecule has 33 heavy (non-hydrogen) atoms. The van der Waals surface area contributed by atoms with Gasteiger partial charge in [-0.25, -0.2) is 13.6 Å². The van der Waals surface area contributed by atoms with Crippen LogP contribution in [-0.2, 0) is 0 Å². The summed E-state index contributed by atoms with van der Waals surface area (Å²) < 4.78 is 35.3. The van der Waals surface area contributed by atoms with Gasteiger partial charge in [0.1, 0.15) is 17.4 Å². The lowest BCUT2D eigenvalue weighted by Crippen LogP contribution is -2.31. The number of nitrogens with zero attached hydrogens (tertiary/aromatic N) is 1. The summed E-state index contributed by atoms with van der Waals surface area (Å²) in [4.78, 5) is 12.4. The van der Waals surface area contributed by atoms with Crippen molar-refractivity contribution in [2.24, 2.45) is 17.8 Å². The highest BCUT2D eigenvalue weighted by Crippen LogP contribution is 2.49. The molecule has 2 aliphatic carbocycles. The van der Waals surface area contributed by atoms with Crippen molar-refractivity contribution in [3.8, 4) is 11.8 Å². The van der Waals surface area contributed by atoms with Gasteiger partial charge in [-0.05, 0) is 105 Å². The molecule has 172 valence electrons. The molecule has 4 rings (SSSR count). The third-order valence-electron chi connectivity index (χ3n) is 7.42. The first-order chi connectivity index (χ1) is 16.0. The first kappa shape index (κ1) is 23.2. The fraction of sp³-hybridized carbons (Fsp3) is 0.429. The molecule has 4 atom stereocenters. The maximum absolute atomic E-state index is 15.0. The molecule has 2 aromatic rings. The summed E-state index contributed by atoms with van der Waals surface area (Å²) in [6.45, 7) is 3.82. The third kappa shape index (κ3) is 5.33. The second-order valence-electron chi connectivity index (χ2n) is 9.45. The van der Waals surface area contributed by atoms with Gasteiger partial charge in [-0.3, -0.25) is 0 Å². The Balaban J connectivity index is 1.43. The Morgan fingerprint density at radius 1 is 1.06 bits per heavy atom. The lowest BCUT2D eigenvalue weighted by Gasteiger charge is -2.42. The first-order valence-corrected chi connectivity index (χ1v) is 11.8. The minimum absolute atomic E-state index is 0.108. The number of carbonyl (C=O) groups excluding carboxylic acids is 1. The van der Waals surface area contributed by atoms with Gasteiger partial charge in [-0.1, -0.05) is 12.5 Å². The van der Waals surface area contributed by atoms with Gasteiger partial charge >= 0.3 is 5.97 Å². The number of allylic oxidation sites excluding steroid dienone is 1. The molecule has 0 spiro atoms. The van der Waals surface area contributed by atoms with Gasteiger partial charge in [0.2, 0.25) is 0 Å². The number of nitriles is 1. The van der Waals surface area contributed by atoms with E-state index in [9.17, 15) is 4.79 Å². The van der Waals surface area contributed by atoms with Gasteiger partial charge in [0.25, 0.3) is 0 Å². The van der Waals surface area contributed by atoms with Crippen molar-refractivity contribution < 1.29 is 18.3 Å². The van der Waals surface area contributed by atoms with Crippen LogP contribution in [0.3, 0.4) is 0 Å². The van der Waals surface area contributed by atoms with Crippen molar-refractivity contribution in [1.29, 1.82) is 5.26 Å². The fourth-order valence-corrected chi connectivity index (χ4v) is 5.72. The third-order valence-corrected chi connectivity index (χ3v) is 7.42. The molecule has 3 nitrogen and oxygen atoms in total. The molecule has 2 saturated carbocycles. The minimum atomic E-state index is -0.828. The van der Waals surface area contributed by atoms with E-state index in [4.69, 9.17) is 10.00 Å². The zero-order valence-corrected chi connectivity index (χ0v) is 18.7. The normalized spacial score (nSPS) is 24.4. The average Bonchev–Trinajstić information content (AvgIpc) is 2.82. The van der Waals surface area contributed by atoms with Gasteiger partial charge in [-0.15, -0.1) is 6.58 Å². The van der Waals surface area contributed by atoms with Crippen LogP contribution in [0.2, 0.25) is 0 Å². The molecule has 0 bridgehead atoms. The van der Waals surface area contributed by atoms with E-state index in [-0.39, 0.29) is 22.8 Å². The van der Waals surface area contributed by atoms with E-state index in [0.29, 0.717) is 17.4 Å². The highest BCUT2D eigenvalue weighted by molar-refractivity contribution is 5.91. The van der Waals surface area contributed by atoms with Crippen molar-refractivity contribution in [2.45, 2.75) is 57.3 Å². The monoisotopic (exact) mass is 449 g/mol. The van der Waals surface area contributed by atoms with Gasteiger partial charge in [0.15, 0.2) is 0 Å². The summed E-state index contributed by atoms with van der Waals surface area (Å²) in [5.74, 6) is -0.206. The summed E-state index contributed by atoms with van der Waals surface area (Å²) in [5, 5.41) is 8.85. The molecule has 0 aliphatic heterocycles. The summed E-state index contributed by atoms with van der Waals surface area (Å²) in [6, 6.07) is 10.1. The van der Waals surface area contributed by atoms with Crippen LogP contribution in [0, 0.1) is 40.7 Å². The molecule has 2 aliphatic rings. The standard InChI is InChI=1S/C28H29F2NO2/c1-2-3-4-18-5-8-21-14-22(10-9-20(21)13-18)27-25(29)15-23(16-26(27)30)28(32)33-24-11-6-19(17-31)7-12-24/h2,6-7,11-12,15-16,18,20-22H,1,3-5,8-10,13-14H2. The van der Waals surface area contributed by atoms with Crippen LogP contribution in [-0.4, -0.2) is 5.97 Å². The van der Waals surface area contributed by atoms with Gasteiger partial charge in [0.05, 0.1) is 17.2 Å². The molecular formula is C28H29F2NO2. The van der Waals surface area contributed by atoms with Crippen LogP contribution in [0.25, 0.3) is 0 Å². The van der Waals surface area contributed by atoms with Crippen LogP contribution in [0.1, 0.15) is 78.8 Å². The number of hydrogen-bond donors (Lipinski definition) is 0. The predicted molar refractivity (Wildman–Crippen MR) is 123 cm³/mol. The highest BCUT2D eigenvalue weighted by Gasteiger charge is 2.37. The average molecular weight is 450 g/mol. The Labute approximate surface area is 194 Å². The van der Waals surface area contributed by atoms with Crippen molar-refractivity contribution in [3.05, 3.63) is 77.4 Å². The maximum Gasteiger partial charge on any atom is 0.343 e. The van der Waals surface area contributed by atoms with Gasteiger partial charge in [0, 0.05) is 5.56 Å². The van der Waals surface area contributed by atoms with Crippen LogP contribution in [0.5, 0.6) is 5.75 Å². The molecule has 0 heterocycles. The van der Waals surface area contributed by atoms with Crippen LogP contribution in [0.4, 0.5) is 8.78 Å². The predicted octanol–water partition coefficient (Wildman–Crippen LogP) is 7.32. The molecule has 2 fully saturated rings. The molecule has 0 N–H and O–H groups in total. The summed E-state index contributed by atoms with van der Waals surface area (Å²) >= 11 is 0. The van der Waals surface area contributed by atoms with E-state index < -0.39 is 17.6 Å². The largest absolute Gasteiger partial charge is 0.423 e. The number of rotatable bonds is 6. The van der Waals surface area contributed by atoms with Crippen LogP contribution in [0.15, 0.2) is 49.1 Å². The smallest absolute Gasteiger partial charge is 0.343 e. The summed E-state index contributed by atoms with van der Waals surface area (Å²) in [5.41, 5.74) is 0.378. The van der Waals surface area contributed by atoms with Gasteiger partial charge < -0.3 is 4.74 Å².